The minimum atomic E-state index is -3.28. The minimum Gasteiger partial charge on any atom is -0.275 e. The van der Waals surface area contributed by atoms with Crippen LogP contribution < -0.4 is 0 Å². The predicted molar refractivity (Wildman–Crippen MR) is 118 cm³/mol. The maximum Gasteiger partial charge on any atom is 0.217 e. The lowest BCUT2D eigenvalue weighted by atomic mass is 9.89. The van der Waals surface area contributed by atoms with Crippen LogP contribution >= 0.6 is 0 Å². The molecule has 1 saturated carbocycles. The summed E-state index contributed by atoms with van der Waals surface area (Å²) in [7, 11) is -1.43. The lowest BCUT2D eigenvalue weighted by Crippen LogP contribution is -2.64. The third kappa shape index (κ3) is 3.15. The van der Waals surface area contributed by atoms with Crippen molar-refractivity contribution in [3.05, 3.63) is 43.2 Å². The van der Waals surface area contributed by atoms with Gasteiger partial charge in [-0.05, 0) is 18.9 Å². The molecule has 6 rings (SSSR count). The van der Waals surface area contributed by atoms with E-state index in [1.54, 1.807) is 32.5 Å². The Bertz CT molecular complexity index is 1510. The van der Waals surface area contributed by atoms with Crippen molar-refractivity contribution in [2.45, 2.75) is 30.1 Å². The zero-order valence-corrected chi connectivity index (χ0v) is 18.7. The molecule has 5 heterocycles. The van der Waals surface area contributed by atoms with Gasteiger partial charge < -0.3 is 0 Å². The van der Waals surface area contributed by atoms with Gasteiger partial charge >= 0.3 is 0 Å². The van der Waals surface area contributed by atoms with Gasteiger partial charge in [-0.25, -0.2) is 17.9 Å². The molecular weight excluding hydrogens is 442 g/mol. The normalized spacial score (nSPS) is 18.3. The van der Waals surface area contributed by atoms with Crippen LogP contribution in [0.3, 0.4) is 0 Å². The summed E-state index contributed by atoms with van der Waals surface area (Å²) in [4.78, 5) is 4.86. The quantitative estimate of drug-likeness (QED) is 0.423. The molecule has 0 N–H and O–H groups in total. The number of sulfonamides is 1. The fourth-order valence-electron chi connectivity index (χ4n) is 4.39. The molecule has 11 nitrogen and oxygen atoms in total. The molecule has 0 unspecified atom stereocenters. The highest BCUT2D eigenvalue weighted by atomic mass is 32.2. The van der Waals surface area contributed by atoms with Crippen molar-refractivity contribution in [1.82, 2.24) is 38.5 Å². The van der Waals surface area contributed by atoms with Gasteiger partial charge in [0.05, 0.1) is 59.4 Å². The summed E-state index contributed by atoms with van der Waals surface area (Å²) in [6.45, 7) is 0.511. The number of rotatable bonds is 6. The summed E-state index contributed by atoms with van der Waals surface area (Å²) in [5, 5.41) is 22.3. The molecular formula is C21H21N9O2S. The lowest BCUT2D eigenvalue weighted by Gasteiger charge is -2.48. The zero-order chi connectivity index (χ0) is 22.8. The molecule has 0 aromatic carbocycles. The standard InChI is InChI=1S/C21H21N9O2S/c1-27-10-15(8-24-27)18-12-29-19(4-7-23-29)20(26-18)16-9-25-30(11-16)21(5-6-22)13-28(14-21)33(31,32)17-2-3-17/h4,7-12,17H,2-3,5,13-14H2,1H3. The van der Waals surface area contributed by atoms with Gasteiger partial charge in [-0.1, -0.05) is 0 Å². The van der Waals surface area contributed by atoms with E-state index >= 15 is 0 Å². The monoisotopic (exact) mass is 463 g/mol. The topological polar surface area (TPSA) is 127 Å². The van der Waals surface area contributed by atoms with Crippen LogP contribution in [0, 0.1) is 11.3 Å². The number of nitrogens with zero attached hydrogens (tertiary/aromatic N) is 9. The van der Waals surface area contributed by atoms with E-state index in [1.165, 1.54) is 4.31 Å². The number of fused-ring (bicyclic) bond motifs is 1. The first-order chi connectivity index (χ1) is 15.9. The van der Waals surface area contributed by atoms with Crippen LogP contribution in [0.2, 0.25) is 0 Å². The number of hydrogen-bond acceptors (Lipinski definition) is 7. The van der Waals surface area contributed by atoms with E-state index in [2.05, 4.69) is 21.4 Å². The van der Waals surface area contributed by atoms with Crippen molar-refractivity contribution >= 4 is 15.5 Å². The van der Waals surface area contributed by atoms with Gasteiger partial charge in [0, 0.05) is 43.7 Å². The minimum absolute atomic E-state index is 0.177. The maximum absolute atomic E-state index is 12.6. The van der Waals surface area contributed by atoms with Gasteiger partial charge in [0.15, 0.2) is 0 Å². The molecule has 1 aliphatic heterocycles. The van der Waals surface area contributed by atoms with Gasteiger partial charge in [-0.15, -0.1) is 0 Å². The Morgan fingerprint density at radius 1 is 1.12 bits per heavy atom. The Kier molecular flexibility index (Phi) is 4.24. The van der Waals surface area contributed by atoms with Crippen molar-refractivity contribution in [2.24, 2.45) is 7.05 Å². The van der Waals surface area contributed by atoms with Crippen molar-refractivity contribution in [1.29, 1.82) is 5.26 Å². The first kappa shape index (κ1) is 20.1. The Balaban J connectivity index is 1.37. The van der Waals surface area contributed by atoms with E-state index in [0.29, 0.717) is 5.69 Å². The Morgan fingerprint density at radius 3 is 2.61 bits per heavy atom. The molecule has 0 bridgehead atoms. The van der Waals surface area contributed by atoms with Crippen molar-refractivity contribution in [3.8, 4) is 28.6 Å². The van der Waals surface area contributed by atoms with Crippen LogP contribution in [0.4, 0.5) is 0 Å². The molecule has 0 atom stereocenters. The Labute approximate surface area is 189 Å². The molecule has 0 amide bonds. The molecule has 0 spiro atoms. The summed E-state index contributed by atoms with van der Waals surface area (Å²) >= 11 is 0. The van der Waals surface area contributed by atoms with Gasteiger partial charge in [-0.2, -0.15) is 24.9 Å². The summed E-state index contributed by atoms with van der Waals surface area (Å²) in [6.07, 6.45) is 12.4. The van der Waals surface area contributed by atoms with Crippen LogP contribution in [0.5, 0.6) is 0 Å². The van der Waals surface area contributed by atoms with Gasteiger partial charge in [0.25, 0.3) is 0 Å². The largest absolute Gasteiger partial charge is 0.275 e. The number of aryl methyl sites for hydroxylation is 1. The number of nitriles is 1. The van der Waals surface area contributed by atoms with Crippen molar-refractivity contribution in [3.63, 3.8) is 0 Å². The van der Waals surface area contributed by atoms with E-state index in [9.17, 15) is 13.7 Å². The van der Waals surface area contributed by atoms with Crippen molar-refractivity contribution in [2.75, 3.05) is 13.1 Å². The average molecular weight is 464 g/mol. The third-order valence-electron chi connectivity index (χ3n) is 6.39. The van der Waals surface area contributed by atoms with Crippen LogP contribution in [0.1, 0.15) is 19.3 Å². The van der Waals surface area contributed by atoms with Crippen LogP contribution in [0.15, 0.2) is 43.2 Å². The first-order valence-electron chi connectivity index (χ1n) is 10.6. The Hall–Kier alpha value is -3.56. The smallest absolute Gasteiger partial charge is 0.217 e. The third-order valence-corrected chi connectivity index (χ3v) is 8.68. The fourth-order valence-corrected chi connectivity index (χ4v) is 6.38. The number of hydrogen-bond donors (Lipinski definition) is 0. The molecule has 0 radical (unpaired) electrons. The van der Waals surface area contributed by atoms with Crippen LogP contribution in [-0.4, -0.2) is 65.2 Å². The predicted octanol–water partition coefficient (Wildman–Crippen LogP) is 1.41. The molecule has 33 heavy (non-hydrogen) atoms. The maximum atomic E-state index is 12.6. The summed E-state index contributed by atoms with van der Waals surface area (Å²) in [5.41, 5.74) is 3.21. The van der Waals surface area contributed by atoms with Gasteiger partial charge in [-0.3, -0.25) is 9.36 Å². The van der Waals surface area contributed by atoms with E-state index < -0.39 is 15.6 Å². The number of aromatic nitrogens is 7. The highest BCUT2D eigenvalue weighted by Gasteiger charge is 2.53. The highest BCUT2D eigenvalue weighted by molar-refractivity contribution is 7.90. The molecule has 4 aromatic rings. The zero-order valence-electron chi connectivity index (χ0n) is 17.9. The molecule has 1 aliphatic carbocycles. The second-order valence-corrected chi connectivity index (χ2v) is 11.0. The van der Waals surface area contributed by atoms with Gasteiger partial charge in [0.2, 0.25) is 10.0 Å². The fraction of sp³-hybridized carbons (Fsp3) is 0.381. The van der Waals surface area contributed by atoms with E-state index in [0.717, 1.165) is 35.2 Å². The molecule has 168 valence electrons. The second-order valence-electron chi connectivity index (χ2n) is 8.78. The molecule has 12 heteroatoms. The van der Waals surface area contributed by atoms with E-state index in [-0.39, 0.29) is 24.8 Å². The van der Waals surface area contributed by atoms with Crippen LogP contribution in [-0.2, 0) is 22.6 Å². The SMILES string of the molecule is Cn1cc(-c2cn3nccc3c(-c3cnn(C4(CC#N)CN(S(=O)(=O)C5CC5)C4)c3)n2)cn1. The molecule has 4 aromatic heterocycles. The van der Waals surface area contributed by atoms with E-state index in [4.69, 9.17) is 4.98 Å². The summed E-state index contributed by atoms with van der Waals surface area (Å²) < 4.78 is 31.9. The molecule has 2 aliphatic rings. The van der Waals surface area contributed by atoms with E-state index in [1.807, 2.05) is 31.7 Å². The highest BCUT2D eigenvalue weighted by Crippen LogP contribution is 2.40. The average Bonchev–Trinajstić information content (AvgIpc) is 3.14. The summed E-state index contributed by atoms with van der Waals surface area (Å²) in [5.74, 6) is 0. The lowest BCUT2D eigenvalue weighted by molar-refractivity contribution is 0.0716. The van der Waals surface area contributed by atoms with Gasteiger partial charge in [0.1, 0.15) is 5.54 Å². The van der Waals surface area contributed by atoms with Crippen LogP contribution in [0.25, 0.3) is 28.0 Å². The Morgan fingerprint density at radius 2 is 1.91 bits per heavy atom. The van der Waals surface area contributed by atoms with Crippen molar-refractivity contribution < 1.29 is 8.42 Å². The second kappa shape index (κ2) is 6.97. The first-order valence-corrected chi connectivity index (χ1v) is 12.1. The summed E-state index contributed by atoms with van der Waals surface area (Å²) in [6, 6.07) is 4.09. The molecule has 1 saturated heterocycles. The molecule has 2 fully saturated rings.